The number of aromatic nitrogens is 2. The molecule has 1 rings (SSSR count). The first kappa shape index (κ1) is 18.4. The predicted octanol–water partition coefficient (Wildman–Crippen LogP) is 3.63. The molecule has 1 heterocycles. The van der Waals surface area contributed by atoms with Gasteiger partial charge in [-0.15, -0.1) is 0 Å². The Morgan fingerprint density at radius 2 is 2.05 bits per heavy atom. The molecule has 0 amide bonds. The molecule has 1 aromatic heterocycles. The van der Waals surface area contributed by atoms with E-state index >= 15 is 0 Å². The second-order valence-electron chi connectivity index (χ2n) is 5.65. The monoisotopic (exact) mass is 357 g/mol. The number of ketones is 1. The summed E-state index contributed by atoms with van der Waals surface area (Å²) in [5.74, 6) is 0.883. The number of carbonyl (C=O) groups excluding carboxylic acids is 1. The smallest absolute Gasteiger partial charge is 0.138 e. The van der Waals surface area contributed by atoms with E-state index in [2.05, 4.69) is 28.0 Å². The number of nitrogens with two attached hydrogens (primary N) is 1. The molecule has 0 fully saturated rings. The third-order valence-electron chi connectivity index (χ3n) is 3.92. The van der Waals surface area contributed by atoms with Crippen LogP contribution >= 0.6 is 15.9 Å². The number of aryl methyl sites for hydroxylation is 2. The van der Waals surface area contributed by atoms with Crippen LogP contribution < -0.4 is 5.73 Å². The summed E-state index contributed by atoms with van der Waals surface area (Å²) in [5, 5.41) is 4.44. The summed E-state index contributed by atoms with van der Waals surface area (Å²) in [6.07, 6.45) is 5.42. The van der Waals surface area contributed by atoms with Gasteiger partial charge in [0.2, 0.25) is 0 Å². The van der Waals surface area contributed by atoms with Crippen LogP contribution in [0.1, 0.15) is 57.3 Å². The van der Waals surface area contributed by atoms with Crippen molar-refractivity contribution in [3.63, 3.8) is 0 Å². The molecule has 0 aliphatic carbocycles. The van der Waals surface area contributed by atoms with Gasteiger partial charge in [0, 0.05) is 19.4 Å². The van der Waals surface area contributed by atoms with Crippen LogP contribution in [0.15, 0.2) is 4.47 Å². The lowest BCUT2D eigenvalue weighted by molar-refractivity contribution is -0.118. The van der Waals surface area contributed by atoms with Crippen LogP contribution in [0.25, 0.3) is 0 Å². The van der Waals surface area contributed by atoms with Gasteiger partial charge in [-0.25, -0.2) is 0 Å². The molecule has 0 aliphatic rings. The number of hydrogen-bond acceptors (Lipinski definition) is 3. The number of carbonyl (C=O) groups is 1. The van der Waals surface area contributed by atoms with Crippen molar-refractivity contribution < 1.29 is 4.79 Å². The number of Topliss-reactive ketones (excluding diaryl/α,β-unsaturated/α-hetero) is 1. The summed E-state index contributed by atoms with van der Waals surface area (Å²) in [7, 11) is 0. The molecule has 120 valence electrons. The molecule has 0 aliphatic heterocycles. The Hall–Kier alpha value is -0.680. The highest BCUT2D eigenvalue weighted by molar-refractivity contribution is 9.10. The molecule has 0 spiro atoms. The number of rotatable bonds is 10. The number of halogens is 1. The van der Waals surface area contributed by atoms with Gasteiger partial charge in [-0.3, -0.25) is 9.48 Å². The molecule has 1 aromatic rings. The lowest BCUT2D eigenvalue weighted by atomic mass is 9.93. The van der Waals surface area contributed by atoms with E-state index in [1.54, 1.807) is 0 Å². The standard InChI is InChI=1S/C16H28BrN3O/c1-4-6-13(9-10-18)7-8-14(21)11-15-16(17)12(3)19-20(15)5-2/h13H,4-11,18H2,1-3H3. The Morgan fingerprint density at radius 3 is 2.62 bits per heavy atom. The van der Waals surface area contributed by atoms with Crippen molar-refractivity contribution in [1.29, 1.82) is 0 Å². The number of nitrogens with zero attached hydrogens (tertiary/aromatic N) is 2. The molecule has 4 nitrogen and oxygen atoms in total. The van der Waals surface area contributed by atoms with Gasteiger partial charge in [-0.05, 0) is 55.1 Å². The van der Waals surface area contributed by atoms with Gasteiger partial charge in [0.05, 0.1) is 15.9 Å². The summed E-state index contributed by atoms with van der Waals surface area (Å²) < 4.78 is 2.89. The Morgan fingerprint density at radius 1 is 1.33 bits per heavy atom. The molecule has 0 radical (unpaired) electrons. The average Bonchev–Trinajstić information content (AvgIpc) is 2.73. The predicted molar refractivity (Wildman–Crippen MR) is 90.4 cm³/mol. The van der Waals surface area contributed by atoms with Crippen molar-refractivity contribution in [2.75, 3.05) is 6.54 Å². The van der Waals surface area contributed by atoms with Crippen molar-refractivity contribution in [3.8, 4) is 0 Å². The molecule has 0 bridgehead atoms. The Kier molecular flexibility index (Phi) is 8.19. The van der Waals surface area contributed by atoms with Gasteiger partial charge in [0.1, 0.15) is 5.78 Å². The highest BCUT2D eigenvalue weighted by Gasteiger charge is 2.16. The molecule has 0 aromatic carbocycles. The van der Waals surface area contributed by atoms with Crippen LogP contribution in [0, 0.1) is 12.8 Å². The number of hydrogen-bond donors (Lipinski definition) is 1. The third kappa shape index (κ3) is 5.55. The topological polar surface area (TPSA) is 60.9 Å². The van der Waals surface area contributed by atoms with Gasteiger partial charge >= 0.3 is 0 Å². The van der Waals surface area contributed by atoms with Gasteiger partial charge < -0.3 is 5.73 Å². The second kappa shape index (κ2) is 9.36. The zero-order valence-electron chi connectivity index (χ0n) is 13.5. The molecule has 0 saturated carbocycles. The highest BCUT2D eigenvalue weighted by Crippen LogP contribution is 2.23. The molecule has 0 saturated heterocycles. The maximum atomic E-state index is 12.3. The van der Waals surface area contributed by atoms with Gasteiger partial charge in [0.15, 0.2) is 0 Å². The third-order valence-corrected chi connectivity index (χ3v) is 4.95. The van der Waals surface area contributed by atoms with Gasteiger partial charge in [-0.2, -0.15) is 5.10 Å². The summed E-state index contributed by atoms with van der Waals surface area (Å²) in [6.45, 7) is 7.70. The average molecular weight is 358 g/mol. The maximum absolute atomic E-state index is 12.3. The van der Waals surface area contributed by atoms with E-state index in [9.17, 15) is 4.79 Å². The molecule has 1 unspecified atom stereocenters. The first-order chi connectivity index (χ1) is 10.0. The largest absolute Gasteiger partial charge is 0.330 e. The van der Waals surface area contributed by atoms with Crippen molar-refractivity contribution in [3.05, 3.63) is 15.9 Å². The minimum atomic E-state index is 0.295. The SMILES string of the molecule is CCCC(CCN)CCC(=O)Cc1c(Br)c(C)nn1CC. The van der Waals surface area contributed by atoms with Gasteiger partial charge in [-0.1, -0.05) is 19.8 Å². The van der Waals surface area contributed by atoms with E-state index in [0.29, 0.717) is 31.1 Å². The lowest BCUT2D eigenvalue weighted by Crippen LogP contribution is -2.13. The van der Waals surface area contributed by atoms with Crippen molar-refractivity contribution >= 4 is 21.7 Å². The Bertz CT molecular complexity index is 451. The van der Waals surface area contributed by atoms with E-state index in [-0.39, 0.29) is 0 Å². The van der Waals surface area contributed by atoms with Crippen LogP contribution in [0.5, 0.6) is 0 Å². The van der Waals surface area contributed by atoms with E-state index < -0.39 is 0 Å². The summed E-state index contributed by atoms with van der Waals surface area (Å²) in [5.41, 5.74) is 7.60. The van der Waals surface area contributed by atoms with Crippen LogP contribution in [0.2, 0.25) is 0 Å². The van der Waals surface area contributed by atoms with Crippen molar-refractivity contribution in [2.24, 2.45) is 11.7 Å². The summed E-state index contributed by atoms with van der Waals surface area (Å²) >= 11 is 3.55. The van der Waals surface area contributed by atoms with Crippen LogP contribution in [-0.4, -0.2) is 22.1 Å². The van der Waals surface area contributed by atoms with Crippen LogP contribution in [0.4, 0.5) is 0 Å². The zero-order valence-corrected chi connectivity index (χ0v) is 15.1. The van der Waals surface area contributed by atoms with Crippen molar-refractivity contribution in [1.82, 2.24) is 9.78 Å². The fourth-order valence-electron chi connectivity index (χ4n) is 2.76. The summed E-state index contributed by atoms with van der Waals surface area (Å²) in [4.78, 5) is 12.3. The molecule has 2 N–H and O–H groups in total. The fraction of sp³-hybridized carbons (Fsp3) is 0.750. The molecule has 21 heavy (non-hydrogen) atoms. The molecule has 1 atom stereocenters. The molecular formula is C16H28BrN3O. The van der Waals surface area contributed by atoms with E-state index in [0.717, 1.165) is 41.7 Å². The first-order valence-corrected chi connectivity index (χ1v) is 8.76. The Balaban J connectivity index is 2.57. The molecule has 5 heteroatoms. The van der Waals surface area contributed by atoms with Crippen LogP contribution in [0.3, 0.4) is 0 Å². The van der Waals surface area contributed by atoms with E-state index in [1.165, 1.54) is 6.42 Å². The maximum Gasteiger partial charge on any atom is 0.138 e. The lowest BCUT2D eigenvalue weighted by Gasteiger charge is -2.14. The fourth-order valence-corrected chi connectivity index (χ4v) is 3.18. The van der Waals surface area contributed by atoms with Gasteiger partial charge in [0.25, 0.3) is 0 Å². The second-order valence-corrected chi connectivity index (χ2v) is 6.44. The van der Waals surface area contributed by atoms with E-state index in [1.807, 2.05) is 18.5 Å². The minimum absolute atomic E-state index is 0.295. The summed E-state index contributed by atoms with van der Waals surface area (Å²) in [6, 6.07) is 0. The van der Waals surface area contributed by atoms with E-state index in [4.69, 9.17) is 5.73 Å². The Labute approximate surface area is 136 Å². The first-order valence-electron chi connectivity index (χ1n) is 7.96. The molecular weight excluding hydrogens is 330 g/mol. The minimum Gasteiger partial charge on any atom is -0.330 e. The van der Waals surface area contributed by atoms with Crippen molar-refractivity contribution in [2.45, 2.75) is 65.8 Å². The quantitative estimate of drug-likeness (QED) is 0.695. The zero-order chi connectivity index (χ0) is 15.8. The normalized spacial score (nSPS) is 12.6. The van der Waals surface area contributed by atoms with Crippen LogP contribution in [-0.2, 0) is 17.8 Å². The highest BCUT2D eigenvalue weighted by atomic mass is 79.9.